The van der Waals surface area contributed by atoms with Crippen molar-refractivity contribution in [2.24, 2.45) is 5.92 Å². The third kappa shape index (κ3) is 4.52. The SMILES string of the molecule is CCC(Br)=CC=C(C)C1CC(C)CCO1. The second-order valence-corrected chi connectivity index (χ2v) is 5.39. The molecule has 2 unspecified atom stereocenters. The van der Waals surface area contributed by atoms with E-state index >= 15 is 0 Å². The first-order valence-corrected chi connectivity index (χ1v) is 6.57. The molecular weight excluding hydrogens is 252 g/mol. The van der Waals surface area contributed by atoms with Gasteiger partial charge in [0.15, 0.2) is 0 Å². The van der Waals surface area contributed by atoms with Gasteiger partial charge < -0.3 is 4.74 Å². The predicted molar refractivity (Wildman–Crippen MR) is 69.2 cm³/mol. The number of hydrogen-bond acceptors (Lipinski definition) is 1. The van der Waals surface area contributed by atoms with Crippen LogP contribution in [0.4, 0.5) is 0 Å². The summed E-state index contributed by atoms with van der Waals surface area (Å²) in [6.07, 6.45) is 8.07. The van der Waals surface area contributed by atoms with E-state index in [0.29, 0.717) is 6.10 Å². The number of halogens is 1. The summed E-state index contributed by atoms with van der Waals surface area (Å²) >= 11 is 3.52. The van der Waals surface area contributed by atoms with Crippen LogP contribution >= 0.6 is 15.9 Å². The van der Waals surface area contributed by atoms with Gasteiger partial charge in [-0.25, -0.2) is 0 Å². The molecule has 0 aliphatic carbocycles. The highest BCUT2D eigenvalue weighted by molar-refractivity contribution is 9.11. The minimum absolute atomic E-state index is 0.335. The van der Waals surface area contributed by atoms with Crippen LogP contribution in [0.2, 0.25) is 0 Å². The van der Waals surface area contributed by atoms with Crippen molar-refractivity contribution < 1.29 is 4.74 Å². The van der Waals surface area contributed by atoms with E-state index in [1.165, 1.54) is 22.9 Å². The summed E-state index contributed by atoms with van der Waals surface area (Å²) in [4.78, 5) is 0. The van der Waals surface area contributed by atoms with E-state index in [1.54, 1.807) is 0 Å². The number of hydrogen-bond donors (Lipinski definition) is 0. The Bertz CT molecular complexity index is 255. The first-order chi connectivity index (χ1) is 7.13. The summed E-state index contributed by atoms with van der Waals surface area (Å²) in [6, 6.07) is 0. The van der Waals surface area contributed by atoms with Crippen LogP contribution in [0.15, 0.2) is 22.2 Å². The Labute approximate surface area is 102 Å². The summed E-state index contributed by atoms with van der Waals surface area (Å²) in [5, 5.41) is 0. The minimum Gasteiger partial charge on any atom is -0.374 e. The molecule has 0 aromatic rings. The van der Waals surface area contributed by atoms with Gasteiger partial charge in [0.05, 0.1) is 6.10 Å². The molecule has 0 amide bonds. The average Bonchev–Trinajstić information content (AvgIpc) is 2.25. The lowest BCUT2D eigenvalue weighted by Crippen LogP contribution is -2.25. The van der Waals surface area contributed by atoms with Gasteiger partial charge in [0.2, 0.25) is 0 Å². The molecule has 1 saturated heterocycles. The molecule has 0 bridgehead atoms. The normalized spacial score (nSPS) is 29.3. The fraction of sp³-hybridized carbons (Fsp3) is 0.692. The molecule has 1 fully saturated rings. The minimum atomic E-state index is 0.335. The molecule has 1 aliphatic heterocycles. The zero-order valence-electron chi connectivity index (χ0n) is 9.92. The second-order valence-electron chi connectivity index (χ2n) is 4.37. The van der Waals surface area contributed by atoms with Crippen LogP contribution in [-0.4, -0.2) is 12.7 Å². The van der Waals surface area contributed by atoms with Crippen LogP contribution in [0.25, 0.3) is 0 Å². The Kier molecular flexibility index (Phi) is 5.62. The van der Waals surface area contributed by atoms with Crippen molar-refractivity contribution in [3.8, 4) is 0 Å². The van der Waals surface area contributed by atoms with Gasteiger partial charge in [-0.1, -0.05) is 41.9 Å². The van der Waals surface area contributed by atoms with Crippen molar-refractivity contribution in [2.75, 3.05) is 6.61 Å². The van der Waals surface area contributed by atoms with Crippen LogP contribution in [0, 0.1) is 5.92 Å². The van der Waals surface area contributed by atoms with E-state index < -0.39 is 0 Å². The van der Waals surface area contributed by atoms with Gasteiger partial charge in [-0.3, -0.25) is 0 Å². The lowest BCUT2D eigenvalue weighted by atomic mass is 9.94. The van der Waals surface area contributed by atoms with Crippen LogP contribution in [-0.2, 0) is 4.74 Å². The maximum Gasteiger partial charge on any atom is 0.0787 e. The molecule has 1 aliphatic rings. The highest BCUT2D eigenvalue weighted by Gasteiger charge is 2.20. The lowest BCUT2D eigenvalue weighted by Gasteiger charge is -2.27. The number of ether oxygens (including phenoxy) is 1. The summed E-state index contributed by atoms with van der Waals surface area (Å²) in [6.45, 7) is 7.52. The van der Waals surface area contributed by atoms with E-state index in [9.17, 15) is 0 Å². The zero-order valence-corrected chi connectivity index (χ0v) is 11.5. The first-order valence-electron chi connectivity index (χ1n) is 5.78. The maximum atomic E-state index is 5.76. The Morgan fingerprint density at radius 3 is 2.80 bits per heavy atom. The Balaban J connectivity index is 2.55. The van der Waals surface area contributed by atoms with Gasteiger partial charge in [-0.05, 0) is 42.2 Å². The summed E-state index contributed by atoms with van der Waals surface area (Å²) in [5.74, 6) is 0.797. The molecule has 0 spiro atoms. The van der Waals surface area contributed by atoms with Crippen molar-refractivity contribution in [3.63, 3.8) is 0 Å². The third-order valence-electron chi connectivity index (χ3n) is 2.92. The van der Waals surface area contributed by atoms with Gasteiger partial charge in [-0.2, -0.15) is 0 Å². The fourth-order valence-corrected chi connectivity index (χ4v) is 1.86. The topological polar surface area (TPSA) is 9.23 Å². The molecule has 2 atom stereocenters. The molecule has 15 heavy (non-hydrogen) atoms. The summed E-state index contributed by atoms with van der Waals surface area (Å²) in [7, 11) is 0. The van der Waals surface area contributed by atoms with Crippen molar-refractivity contribution >= 4 is 15.9 Å². The average molecular weight is 273 g/mol. The highest BCUT2D eigenvalue weighted by Crippen LogP contribution is 2.24. The maximum absolute atomic E-state index is 5.76. The molecule has 0 aromatic heterocycles. The standard InChI is InChI=1S/C13H21BrO/c1-4-12(14)6-5-11(3)13-9-10(2)7-8-15-13/h5-6,10,13H,4,7-9H2,1-3H3. The van der Waals surface area contributed by atoms with Crippen molar-refractivity contribution in [1.29, 1.82) is 0 Å². The summed E-state index contributed by atoms with van der Waals surface area (Å²) < 4.78 is 7.00. The molecule has 0 saturated carbocycles. The molecule has 2 heteroatoms. The van der Waals surface area contributed by atoms with E-state index in [1.807, 2.05) is 0 Å². The van der Waals surface area contributed by atoms with E-state index in [2.05, 4.69) is 48.9 Å². The molecule has 1 nitrogen and oxygen atoms in total. The van der Waals surface area contributed by atoms with E-state index in [-0.39, 0.29) is 0 Å². The van der Waals surface area contributed by atoms with Crippen molar-refractivity contribution in [1.82, 2.24) is 0 Å². The van der Waals surface area contributed by atoms with Gasteiger partial charge in [0, 0.05) is 6.61 Å². The van der Waals surface area contributed by atoms with Gasteiger partial charge in [0.1, 0.15) is 0 Å². The fourth-order valence-electron chi connectivity index (χ4n) is 1.73. The number of allylic oxidation sites excluding steroid dienone is 3. The van der Waals surface area contributed by atoms with Crippen LogP contribution in [0.3, 0.4) is 0 Å². The Hall–Kier alpha value is -0.0800. The number of rotatable bonds is 3. The molecule has 0 N–H and O–H groups in total. The monoisotopic (exact) mass is 272 g/mol. The van der Waals surface area contributed by atoms with Gasteiger partial charge in [-0.15, -0.1) is 0 Å². The van der Waals surface area contributed by atoms with Gasteiger partial charge >= 0.3 is 0 Å². The predicted octanol–water partition coefficient (Wildman–Crippen LogP) is 4.44. The molecule has 1 heterocycles. The Morgan fingerprint density at radius 1 is 1.47 bits per heavy atom. The van der Waals surface area contributed by atoms with Crippen LogP contribution in [0.5, 0.6) is 0 Å². The molecular formula is C13H21BrO. The van der Waals surface area contributed by atoms with Crippen molar-refractivity contribution in [3.05, 3.63) is 22.2 Å². The Morgan fingerprint density at radius 2 is 2.20 bits per heavy atom. The molecule has 0 radical (unpaired) electrons. The molecule has 86 valence electrons. The van der Waals surface area contributed by atoms with Gasteiger partial charge in [0.25, 0.3) is 0 Å². The quantitative estimate of drug-likeness (QED) is 0.691. The van der Waals surface area contributed by atoms with Crippen molar-refractivity contribution in [2.45, 2.75) is 46.1 Å². The second kappa shape index (κ2) is 6.49. The summed E-state index contributed by atoms with van der Waals surface area (Å²) in [5.41, 5.74) is 1.34. The molecule has 0 aromatic carbocycles. The largest absolute Gasteiger partial charge is 0.374 e. The smallest absolute Gasteiger partial charge is 0.0787 e. The van der Waals surface area contributed by atoms with E-state index in [4.69, 9.17) is 4.74 Å². The molecule has 1 rings (SSSR count). The third-order valence-corrected chi connectivity index (χ3v) is 3.74. The van der Waals surface area contributed by atoms with Crippen LogP contribution in [0.1, 0.15) is 40.0 Å². The lowest BCUT2D eigenvalue weighted by molar-refractivity contribution is 0.0172. The first kappa shape index (κ1) is 13.0. The highest BCUT2D eigenvalue weighted by atomic mass is 79.9. The zero-order chi connectivity index (χ0) is 11.3. The van der Waals surface area contributed by atoms with Crippen LogP contribution < -0.4 is 0 Å². The van der Waals surface area contributed by atoms with E-state index in [0.717, 1.165) is 18.9 Å².